The van der Waals surface area contributed by atoms with Gasteiger partial charge in [-0.25, -0.2) is 9.97 Å². The third kappa shape index (κ3) is 3.46. The lowest BCUT2D eigenvalue weighted by atomic mass is 10.0. The molecule has 0 saturated heterocycles. The molecule has 0 spiro atoms. The van der Waals surface area contributed by atoms with Gasteiger partial charge < -0.3 is 9.73 Å². The number of carbonyl (C=O) groups excluding carboxylic acids is 1. The highest BCUT2D eigenvalue weighted by Crippen LogP contribution is 2.21. The lowest BCUT2D eigenvalue weighted by molar-refractivity contribution is 0.102. The summed E-state index contributed by atoms with van der Waals surface area (Å²) in [5.41, 5.74) is 4.32. The maximum atomic E-state index is 12.6. The summed E-state index contributed by atoms with van der Waals surface area (Å²) in [5, 5.41) is 20.2. The highest BCUT2D eigenvalue weighted by Gasteiger charge is 2.17. The first-order valence-electron chi connectivity index (χ1n) is 8.18. The van der Waals surface area contributed by atoms with Crippen molar-refractivity contribution in [2.45, 2.75) is 20.8 Å². The summed E-state index contributed by atoms with van der Waals surface area (Å²) in [6, 6.07) is 7.35. The van der Waals surface area contributed by atoms with E-state index in [1.165, 1.54) is 18.8 Å². The van der Waals surface area contributed by atoms with Crippen molar-refractivity contribution in [3.05, 3.63) is 76.3 Å². The number of pyridine rings is 1. The summed E-state index contributed by atoms with van der Waals surface area (Å²) in [7, 11) is 0. The van der Waals surface area contributed by atoms with Crippen LogP contribution in [0.3, 0.4) is 0 Å². The van der Waals surface area contributed by atoms with Crippen LogP contribution in [-0.4, -0.2) is 21.6 Å². The van der Waals surface area contributed by atoms with E-state index in [0.717, 1.165) is 11.1 Å². The van der Waals surface area contributed by atoms with Crippen LogP contribution in [0.1, 0.15) is 44.1 Å². The van der Waals surface area contributed by atoms with Crippen molar-refractivity contribution in [1.82, 2.24) is 9.97 Å². The smallest absolute Gasteiger partial charge is 0.274 e. The molecule has 7 nitrogen and oxygen atoms in total. The molecule has 0 unspecified atom stereocenters. The number of aryl methyl sites for hydroxylation is 1. The molecule has 7 heteroatoms. The molecule has 2 aromatic heterocycles. The first-order valence-corrected chi connectivity index (χ1v) is 8.18. The second-order valence-corrected chi connectivity index (χ2v) is 6.11. The molecule has 0 saturated carbocycles. The number of hydrogen-bond donors (Lipinski definition) is 2. The average molecular weight is 359 g/mol. The number of hydrogen-bond acceptors (Lipinski definition) is 6. The summed E-state index contributed by atoms with van der Waals surface area (Å²) in [5.74, 6) is -0.0251. The zero-order chi connectivity index (χ0) is 19.6. The monoisotopic (exact) mass is 359 g/mol. The van der Waals surface area contributed by atoms with Crippen molar-refractivity contribution in [2.24, 2.45) is 0 Å². The molecule has 27 heavy (non-hydrogen) atoms. The zero-order valence-corrected chi connectivity index (χ0v) is 15.1. The van der Waals surface area contributed by atoms with Gasteiger partial charge in [-0.2, -0.15) is 5.26 Å². The Morgan fingerprint density at radius 2 is 2.00 bits per heavy atom. The minimum absolute atomic E-state index is 0.185. The number of carbonyl (C=O) groups is 1. The standard InChI is InChI=1S/C20H17N5O2/c1-11-4-5-15(6-16(11)18(22)17-9-23-10-27-17)25-20(26)19-13(3)12(2)14(7-21)8-24-19/h4-6,8-10,22H,1-3H3,(H,25,26). The van der Waals surface area contributed by atoms with Crippen molar-refractivity contribution in [3.8, 4) is 6.07 Å². The number of nitriles is 1. The highest BCUT2D eigenvalue weighted by molar-refractivity contribution is 6.11. The van der Waals surface area contributed by atoms with E-state index < -0.39 is 0 Å². The Hall–Kier alpha value is -3.79. The molecule has 3 rings (SSSR count). The molecule has 2 heterocycles. The van der Waals surface area contributed by atoms with Crippen LogP contribution < -0.4 is 5.32 Å². The number of amides is 1. The molecule has 2 N–H and O–H groups in total. The molecule has 0 atom stereocenters. The molecular formula is C20H17N5O2. The summed E-state index contributed by atoms with van der Waals surface area (Å²) in [6.07, 6.45) is 4.14. The number of oxazole rings is 1. The minimum Gasteiger partial charge on any atom is -0.442 e. The Labute approximate surface area is 156 Å². The van der Waals surface area contributed by atoms with Crippen LogP contribution in [0.2, 0.25) is 0 Å². The van der Waals surface area contributed by atoms with Crippen molar-refractivity contribution >= 4 is 17.3 Å². The van der Waals surface area contributed by atoms with Gasteiger partial charge in [0.05, 0.1) is 11.8 Å². The molecule has 0 aliphatic rings. The van der Waals surface area contributed by atoms with Gasteiger partial charge in [-0.05, 0) is 49.6 Å². The Balaban J connectivity index is 1.90. The Bertz CT molecular complexity index is 1080. The van der Waals surface area contributed by atoms with Crippen LogP contribution >= 0.6 is 0 Å². The van der Waals surface area contributed by atoms with Gasteiger partial charge in [0, 0.05) is 17.4 Å². The maximum absolute atomic E-state index is 12.6. The molecule has 0 aliphatic heterocycles. The van der Waals surface area contributed by atoms with Gasteiger partial charge in [0.1, 0.15) is 17.5 Å². The van der Waals surface area contributed by atoms with Crippen LogP contribution in [0.5, 0.6) is 0 Å². The maximum Gasteiger partial charge on any atom is 0.274 e. The summed E-state index contributed by atoms with van der Waals surface area (Å²) in [4.78, 5) is 20.6. The summed E-state index contributed by atoms with van der Waals surface area (Å²) < 4.78 is 5.19. The van der Waals surface area contributed by atoms with Gasteiger partial charge in [-0.15, -0.1) is 0 Å². The van der Waals surface area contributed by atoms with Crippen molar-refractivity contribution < 1.29 is 9.21 Å². The lowest BCUT2D eigenvalue weighted by Crippen LogP contribution is -2.17. The van der Waals surface area contributed by atoms with E-state index in [0.29, 0.717) is 28.1 Å². The first kappa shape index (κ1) is 18.0. The topological polar surface area (TPSA) is 116 Å². The number of nitrogens with zero attached hydrogens (tertiary/aromatic N) is 3. The zero-order valence-electron chi connectivity index (χ0n) is 15.1. The number of rotatable bonds is 4. The van der Waals surface area contributed by atoms with Gasteiger partial charge in [0.15, 0.2) is 12.2 Å². The normalized spacial score (nSPS) is 10.3. The van der Waals surface area contributed by atoms with Gasteiger partial charge in [0.2, 0.25) is 0 Å². The Morgan fingerprint density at radius 1 is 1.22 bits per heavy atom. The lowest BCUT2D eigenvalue weighted by Gasteiger charge is -2.12. The number of nitrogens with one attached hydrogen (secondary N) is 2. The van der Waals surface area contributed by atoms with E-state index in [4.69, 9.17) is 15.1 Å². The fourth-order valence-corrected chi connectivity index (χ4v) is 2.68. The number of aromatic nitrogens is 2. The minimum atomic E-state index is -0.374. The molecule has 1 aromatic carbocycles. The van der Waals surface area contributed by atoms with Crippen LogP contribution in [0, 0.1) is 37.5 Å². The molecule has 0 aliphatic carbocycles. The van der Waals surface area contributed by atoms with E-state index in [-0.39, 0.29) is 17.3 Å². The SMILES string of the molecule is Cc1ccc(NC(=O)c2ncc(C#N)c(C)c2C)cc1C(=N)c1cnco1. The Kier molecular flexibility index (Phi) is 4.81. The predicted octanol–water partition coefficient (Wildman–Crippen LogP) is 3.54. The van der Waals surface area contributed by atoms with Gasteiger partial charge in [0.25, 0.3) is 5.91 Å². The predicted molar refractivity (Wildman–Crippen MR) is 100.0 cm³/mol. The quantitative estimate of drug-likeness (QED) is 0.691. The second-order valence-electron chi connectivity index (χ2n) is 6.11. The molecule has 3 aromatic rings. The van der Waals surface area contributed by atoms with Crippen LogP contribution in [0.4, 0.5) is 5.69 Å². The molecule has 134 valence electrons. The highest BCUT2D eigenvalue weighted by atomic mass is 16.3. The third-order valence-electron chi connectivity index (χ3n) is 4.42. The van der Waals surface area contributed by atoms with E-state index in [2.05, 4.69) is 21.4 Å². The van der Waals surface area contributed by atoms with Crippen molar-refractivity contribution in [3.63, 3.8) is 0 Å². The fraction of sp³-hybridized carbons (Fsp3) is 0.150. The Morgan fingerprint density at radius 3 is 2.67 bits per heavy atom. The van der Waals surface area contributed by atoms with Crippen LogP contribution in [-0.2, 0) is 0 Å². The summed E-state index contributed by atoms with van der Waals surface area (Å²) in [6.45, 7) is 5.43. The molecular weight excluding hydrogens is 342 g/mol. The largest absolute Gasteiger partial charge is 0.442 e. The van der Waals surface area contributed by atoms with E-state index in [1.807, 2.05) is 13.0 Å². The van der Waals surface area contributed by atoms with Crippen molar-refractivity contribution in [1.29, 1.82) is 10.7 Å². The third-order valence-corrected chi connectivity index (χ3v) is 4.42. The van der Waals surface area contributed by atoms with Gasteiger partial charge >= 0.3 is 0 Å². The van der Waals surface area contributed by atoms with E-state index in [1.54, 1.807) is 26.0 Å². The van der Waals surface area contributed by atoms with Crippen molar-refractivity contribution in [2.75, 3.05) is 5.32 Å². The second kappa shape index (κ2) is 7.22. The fourth-order valence-electron chi connectivity index (χ4n) is 2.68. The molecule has 1 amide bonds. The van der Waals surface area contributed by atoms with Crippen LogP contribution in [0.15, 0.2) is 41.4 Å². The van der Waals surface area contributed by atoms with Gasteiger partial charge in [-0.1, -0.05) is 6.07 Å². The summed E-state index contributed by atoms with van der Waals surface area (Å²) >= 11 is 0. The molecule has 0 fully saturated rings. The first-order chi connectivity index (χ1) is 12.9. The number of anilines is 1. The van der Waals surface area contributed by atoms with Crippen LogP contribution in [0.25, 0.3) is 0 Å². The molecule has 0 radical (unpaired) electrons. The van der Waals surface area contributed by atoms with Gasteiger partial charge in [-0.3, -0.25) is 10.2 Å². The van der Waals surface area contributed by atoms with E-state index >= 15 is 0 Å². The van der Waals surface area contributed by atoms with E-state index in [9.17, 15) is 4.79 Å². The number of benzene rings is 1. The molecule has 0 bridgehead atoms. The average Bonchev–Trinajstić information content (AvgIpc) is 3.19.